The van der Waals surface area contributed by atoms with Crippen LogP contribution < -0.4 is 14.8 Å². The van der Waals surface area contributed by atoms with Crippen molar-refractivity contribution in [3.63, 3.8) is 0 Å². The fourth-order valence-corrected chi connectivity index (χ4v) is 3.25. The lowest BCUT2D eigenvalue weighted by molar-refractivity contribution is -0.123. The fourth-order valence-electron chi connectivity index (χ4n) is 3.25. The zero-order valence-electron chi connectivity index (χ0n) is 15.5. The van der Waals surface area contributed by atoms with Crippen LogP contribution >= 0.6 is 0 Å². The molecule has 0 bridgehead atoms. The van der Waals surface area contributed by atoms with Gasteiger partial charge < -0.3 is 20.2 Å². The molecule has 2 aromatic carbocycles. The van der Waals surface area contributed by atoms with Crippen molar-refractivity contribution in [2.24, 2.45) is 0 Å². The number of nitrogens with zero attached hydrogens (tertiary/aromatic N) is 1. The third kappa shape index (κ3) is 5.31. The molecule has 0 saturated carbocycles. The van der Waals surface area contributed by atoms with E-state index in [1.807, 2.05) is 18.2 Å². The van der Waals surface area contributed by atoms with Crippen LogP contribution in [0.4, 0.5) is 0 Å². The highest BCUT2D eigenvalue weighted by atomic mass is 16.5. The van der Waals surface area contributed by atoms with Gasteiger partial charge in [0.1, 0.15) is 11.5 Å². The lowest BCUT2D eigenvalue weighted by atomic mass is 10.2. The Morgan fingerprint density at radius 3 is 2.85 bits per heavy atom. The Kier molecular flexibility index (Phi) is 6.44. The first kappa shape index (κ1) is 18.9. The van der Waals surface area contributed by atoms with E-state index in [2.05, 4.69) is 22.3 Å². The molecule has 6 heteroatoms. The second kappa shape index (κ2) is 9.19. The Hall–Kier alpha value is -2.86. The van der Waals surface area contributed by atoms with Crippen molar-refractivity contribution in [3.8, 4) is 11.5 Å². The highest BCUT2D eigenvalue weighted by Crippen LogP contribution is 2.23. The highest BCUT2D eigenvalue weighted by Gasteiger charge is 2.23. The Labute approximate surface area is 159 Å². The number of methoxy groups -OCH3 is 1. The standard InChI is InChI=1S/C21H25N3O3/c1-26-20-11-19(8-7-17(20)12-22)27-15-21(25)23-18-9-10-24(14-18)13-16-5-3-2-4-6-16/h2-8,11-12,18,22H,9-10,13-15H2,1H3,(H,23,25). The third-order valence-corrected chi connectivity index (χ3v) is 4.62. The lowest BCUT2D eigenvalue weighted by Crippen LogP contribution is -2.39. The van der Waals surface area contributed by atoms with Crippen molar-refractivity contribution < 1.29 is 14.3 Å². The third-order valence-electron chi connectivity index (χ3n) is 4.62. The Morgan fingerprint density at radius 2 is 2.11 bits per heavy atom. The number of carbonyl (C=O) groups excluding carboxylic acids is 1. The summed E-state index contributed by atoms with van der Waals surface area (Å²) in [4.78, 5) is 14.5. The summed E-state index contributed by atoms with van der Waals surface area (Å²) in [7, 11) is 1.54. The summed E-state index contributed by atoms with van der Waals surface area (Å²) in [6.07, 6.45) is 2.16. The normalized spacial score (nSPS) is 16.7. The van der Waals surface area contributed by atoms with E-state index < -0.39 is 0 Å². The van der Waals surface area contributed by atoms with Gasteiger partial charge in [0.05, 0.1) is 7.11 Å². The van der Waals surface area contributed by atoms with Crippen LogP contribution in [0.2, 0.25) is 0 Å². The van der Waals surface area contributed by atoms with Gasteiger partial charge in [-0.15, -0.1) is 0 Å². The van der Waals surface area contributed by atoms with Crippen LogP contribution in [0.15, 0.2) is 48.5 Å². The van der Waals surface area contributed by atoms with Gasteiger partial charge in [0.15, 0.2) is 6.61 Å². The number of amides is 1. The number of benzene rings is 2. The maximum Gasteiger partial charge on any atom is 0.258 e. The first-order chi connectivity index (χ1) is 13.2. The van der Waals surface area contributed by atoms with Crippen LogP contribution in [0.3, 0.4) is 0 Å². The number of likely N-dealkylation sites (tertiary alicyclic amines) is 1. The molecule has 1 aliphatic rings. The number of hydrogen-bond donors (Lipinski definition) is 2. The van der Waals surface area contributed by atoms with Crippen LogP contribution in [-0.2, 0) is 11.3 Å². The van der Waals surface area contributed by atoms with Crippen molar-refractivity contribution in [2.45, 2.75) is 19.0 Å². The number of nitrogens with one attached hydrogen (secondary N) is 2. The van der Waals surface area contributed by atoms with Crippen LogP contribution in [-0.4, -0.2) is 49.9 Å². The van der Waals surface area contributed by atoms with Crippen LogP contribution in [0, 0.1) is 5.41 Å². The van der Waals surface area contributed by atoms with Gasteiger partial charge in [-0.3, -0.25) is 9.69 Å². The average Bonchev–Trinajstić information content (AvgIpc) is 3.13. The van der Waals surface area contributed by atoms with E-state index in [1.54, 1.807) is 25.3 Å². The molecule has 27 heavy (non-hydrogen) atoms. The average molecular weight is 367 g/mol. The van der Waals surface area contributed by atoms with E-state index in [1.165, 1.54) is 11.8 Å². The monoisotopic (exact) mass is 367 g/mol. The summed E-state index contributed by atoms with van der Waals surface area (Å²) < 4.78 is 10.8. The number of hydrogen-bond acceptors (Lipinski definition) is 5. The minimum absolute atomic E-state index is 0.0394. The van der Waals surface area contributed by atoms with Gasteiger partial charge in [-0.25, -0.2) is 0 Å². The van der Waals surface area contributed by atoms with Gasteiger partial charge in [0.2, 0.25) is 0 Å². The first-order valence-corrected chi connectivity index (χ1v) is 9.05. The Bertz CT molecular complexity index is 779. The molecule has 0 aromatic heterocycles. The molecule has 1 heterocycles. The molecule has 0 aliphatic carbocycles. The number of carbonyl (C=O) groups is 1. The van der Waals surface area contributed by atoms with Gasteiger partial charge in [-0.05, 0) is 24.1 Å². The number of rotatable bonds is 8. The minimum atomic E-state index is -0.128. The van der Waals surface area contributed by atoms with Gasteiger partial charge in [-0.2, -0.15) is 0 Å². The van der Waals surface area contributed by atoms with Crippen LogP contribution in [0.5, 0.6) is 11.5 Å². The quantitative estimate of drug-likeness (QED) is 0.703. The number of ether oxygens (including phenoxy) is 2. The molecule has 1 saturated heterocycles. The predicted octanol–water partition coefficient (Wildman–Crippen LogP) is 2.46. The Morgan fingerprint density at radius 1 is 1.30 bits per heavy atom. The second-order valence-corrected chi connectivity index (χ2v) is 6.61. The smallest absolute Gasteiger partial charge is 0.258 e. The molecule has 2 N–H and O–H groups in total. The maximum atomic E-state index is 12.2. The van der Waals surface area contributed by atoms with E-state index in [0.29, 0.717) is 17.1 Å². The van der Waals surface area contributed by atoms with E-state index in [0.717, 1.165) is 26.1 Å². The van der Waals surface area contributed by atoms with Gasteiger partial charge >= 0.3 is 0 Å². The molecule has 6 nitrogen and oxygen atoms in total. The maximum absolute atomic E-state index is 12.2. The fraction of sp³-hybridized carbons (Fsp3) is 0.333. The van der Waals surface area contributed by atoms with Crippen molar-refractivity contribution in [2.75, 3.05) is 26.8 Å². The van der Waals surface area contributed by atoms with E-state index >= 15 is 0 Å². The molecular weight excluding hydrogens is 342 g/mol. The molecule has 3 rings (SSSR count). The summed E-state index contributed by atoms with van der Waals surface area (Å²) >= 11 is 0. The summed E-state index contributed by atoms with van der Waals surface area (Å²) in [5.74, 6) is 0.969. The van der Waals surface area contributed by atoms with Gasteiger partial charge in [0.25, 0.3) is 5.91 Å². The molecular formula is C21H25N3O3. The summed E-state index contributed by atoms with van der Waals surface area (Å²) in [5.41, 5.74) is 1.95. The van der Waals surface area contributed by atoms with Crippen LogP contribution in [0.25, 0.3) is 0 Å². The molecule has 1 unspecified atom stereocenters. The molecule has 1 fully saturated rings. The van der Waals surface area contributed by atoms with E-state index in [9.17, 15) is 4.79 Å². The molecule has 2 aromatic rings. The minimum Gasteiger partial charge on any atom is -0.496 e. The molecule has 1 amide bonds. The lowest BCUT2D eigenvalue weighted by Gasteiger charge is -2.17. The predicted molar refractivity (Wildman–Crippen MR) is 105 cm³/mol. The SMILES string of the molecule is COc1cc(OCC(=O)NC2CCN(Cc3ccccc3)C2)ccc1C=N. The molecule has 1 atom stereocenters. The second-order valence-electron chi connectivity index (χ2n) is 6.61. The summed E-state index contributed by atoms with van der Waals surface area (Å²) in [6, 6.07) is 15.7. The summed E-state index contributed by atoms with van der Waals surface area (Å²) in [5, 5.41) is 10.4. The largest absolute Gasteiger partial charge is 0.496 e. The van der Waals surface area contributed by atoms with Crippen molar-refractivity contribution in [3.05, 3.63) is 59.7 Å². The van der Waals surface area contributed by atoms with Gasteiger partial charge in [-0.1, -0.05) is 30.3 Å². The zero-order chi connectivity index (χ0) is 19.1. The Balaban J connectivity index is 1.44. The molecule has 1 aliphatic heterocycles. The highest BCUT2D eigenvalue weighted by molar-refractivity contribution is 5.81. The van der Waals surface area contributed by atoms with Crippen molar-refractivity contribution in [1.82, 2.24) is 10.2 Å². The van der Waals surface area contributed by atoms with E-state index in [-0.39, 0.29) is 18.6 Å². The molecule has 0 spiro atoms. The first-order valence-electron chi connectivity index (χ1n) is 9.05. The van der Waals surface area contributed by atoms with Gasteiger partial charge in [0, 0.05) is 43.5 Å². The molecule has 0 radical (unpaired) electrons. The summed E-state index contributed by atoms with van der Waals surface area (Å²) in [6.45, 7) is 2.69. The van der Waals surface area contributed by atoms with Crippen LogP contribution in [0.1, 0.15) is 17.5 Å². The molecule has 142 valence electrons. The topological polar surface area (TPSA) is 74.7 Å². The van der Waals surface area contributed by atoms with Crippen molar-refractivity contribution >= 4 is 12.1 Å². The zero-order valence-corrected chi connectivity index (χ0v) is 15.5. The van der Waals surface area contributed by atoms with Crippen molar-refractivity contribution in [1.29, 1.82) is 5.41 Å². The van der Waals surface area contributed by atoms with E-state index in [4.69, 9.17) is 14.9 Å².